The van der Waals surface area contributed by atoms with E-state index in [-0.39, 0.29) is 24.9 Å². The molecule has 0 unspecified atom stereocenters. The van der Waals surface area contributed by atoms with Crippen molar-refractivity contribution in [3.63, 3.8) is 0 Å². The fraction of sp³-hybridized carbons (Fsp3) is 0.176. The number of aromatic amines is 1. The SMILES string of the molecule is O=c1[nH]c(CCl)nn1P(=O)(OCc1ccccc1)OCc1ccccc1. The quantitative estimate of drug-likeness (QED) is 0.466. The van der Waals surface area contributed by atoms with Crippen LogP contribution in [0.5, 0.6) is 0 Å². The van der Waals surface area contributed by atoms with Gasteiger partial charge in [0.05, 0.1) is 19.1 Å². The Bertz CT molecular complexity index is 896. The van der Waals surface area contributed by atoms with E-state index in [1.54, 1.807) is 0 Å². The summed E-state index contributed by atoms with van der Waals surface area (Å²) in [4.78, 5) is 14.6. The van der Waals surface area contributed by atoms with Gasteiger partial charge < -0.3 is 0 Å². The van der Waals surface area contributed by atoms with E-state index in [0.717, 1.165) is 11.1 Å². The van der Waals surface area contributed by atoms with Crippen molar-refractivity contribution in [2.75, 3.05) is 0 Å². The molecule has 136 valence electrons. The summed E-state index contributed by atoms with van der Waals surface area (Å²) in [5.41, 5.74) is 0.875. The molecule has 0 spiro atoms. The Morgan fingerprint density at radius 1 is 0.962 bits per heavy atom. The van der Waals surface area contributed by atoms with Crippen molar-refractivity contribution in [1.29, 1.82) is 0 Å². The highest BCUT2D eigenvalue weighted by atomic mass is 35.5. The normalized spacial score (nSPS) is 11.6. The lowest BCUT2D eigenvalue weighted by molar-refractivity contribution is 0.180. The van der Waals surface area contributed by atoms with Crippen LogP contribution in [0.25, 0.3) is 0 Å². The van der Waals surface area contributed by atoms with Crippen molar-refractivity contribution in [2.24, 2.45) is 0 Å². The molecule has 0 aliphatic heterocycles. The molecule has 0 bridgehead atoms. The number of rotatable bonds is 8. The predicted octanol–water partition coefficient (Wildman–Crippen LogP) is 3.70. The van der Waals surface area contributed by atoms with Gasteiger partial charge in [-0.05, 0) is 11.1 Å². The van der Waals surface area contributed by atoms with E-state index < -0.39 is 13.4 Å². The van der Waals surface area contributed by atoms with Gasteiger partial charge in [0.2, 0.25) is 0 Å². The Kier molecular flexibility index (Phi) is 6.06. The first kappa shape index (κ1) is 18.6. The minimum absolute atomic E-state index is 0.00240. The van der Waals surface area contributed by atoms with E-state index in [4.69, 9.17) is 20.6 Å². The summed E-state index contributed by atoms with van der Waals surface area (Å²) < 4.78 is 25.1. The van der Waals surface area contributed by atoms with Crippen molar-refractivity contribution >= 4 is 19.3 Å². The van der Waals surface area contributed by atoms with E-state index in [0.29, 0.717) is 4.45 Å². The van der Waals surface area contributed by atoms with Crippen molar-refractivity contribution in [2.45, 2.75) is 19.1 Å². The maximum absolute atomic E-state index is 13.3. The van der Waals surface area contributed by atoms with Gasteiger partial charge in [-0.3, -0.25) is 14.0 Å². The zero-order valence-corrected chi connectivity index (χ0v) is 15.4. The van der Waals surface area contributed by atoms with Crippen LogP contribution in [0.15, 0.2) is 65.5 Å². The predicted molar refractivity (Wildman–Crippen MR) is 97.9 cm³/mol. The maximum atomic E-state index is 13.3. The Morgan fingerprint density at radius 3 is 1.88 bits per heavy atom. The van der Waals surface area contributed by atoms with Gasteiger partial charge in [-0.1, -0.05) is 60.7 Å². The van der Waals surface area contributed by atoms with Gasteiger partial charge in [0.1, 0.15) is 5.82 Å². The lowest BCUT2D eigenvalue weighted by Crippen LogP contribution is -2.19. The van der Waals surface area contributed by atoms with Crippen LogP contribution in [-0.4, -0.2) is 14.5 Å². The molecule has 1 N–H and O–H groups in total. The zero-order chi connectivity index (χ0) is 18.4. The number of nitrogens with one attached hydrogen (secondary N) is 1. The van der Waals surface area contributed by atoms with E-state index in [2.05, 4.69) is 10.1 Å². The molecule has 0 fully saturated rings. The molecule has 7 nitrogen and oxygen atoms in total. The van der Waals surface area contributed by atoms with Gasteiger partial charge in [0.25, 0.3) is 0 Å². The molecule has 0 aliphatic rings. The molecule has 1 heterocycles. The van der Waals surface area contributed by atoms with Gasteiger partial charge in [-0.2, -0.15) is 0 Å². The van der Waals surface area contributed by atoms with Crippen molar-refractivity contribution in [1.82, 2.24) is 14.5 Å². The lowest BCUT2D eigenvalue weighted by Gasteiger charge is -2.17. The average molecular weight is 394 g/mol. The fourth-order valence-corrected chi connectivity index (χ4v) is 3.72. The van der Waals surface area contributed by atoms with Gasteiger partial charge in [0, 0.05) is 0 Å². The molecule has 0 saturated carbocycles. The third kappa shape index (κ3) is 4.51. The summed E-state index contributed by atoms with van der Waals surface area (Å²) >= 11 is 5.69. The van der Waals surface area contributed by atoms with E-state index in [9.17, 15) is 9.36 Å². The van der Waals surface area contributed by atoms with Crippen LogP contribution in [0.2, 0.25) is 0 Å². The highest BCUT2D eigenvalue weighted by molar-refractivity contribution is 7.51. The number of alkyl halides is 1. The standard InChI is InChI=1S/C17H17ClN3O4P/c18-11-16-19-17(22)21(20-16)26(23,24-12-14-7-3-1-4-8-14)25-13-15-9-5-2-6-10-15/h1-10H,11-13H2,(H,19,20,22). The molecule has 0 atom stereocenters. The summed E-state index contributed by atoms with van der Waals surface area (Å²) in [7, 11) is -4.03. The van der Waals surface area contributed by atoms with Crippen LogP contribution >= 0.6 is 19.3 Å². The average Bonchev–Trinajstić information content (AvgIpc) is 3.08. The molecule has 0 saturated heterocycles. The van der Waals surface area contributed by atoms with Crippen molar-refractivity contribution < 1.29 is 13.6 Å². The molecule has 1 aromatic heterocycles. The molecule has 0 radical (unpaired) electrons. The number of hydrogen-bond acceptors (Lipinski definition) is 5. The third-order valence-corrected chi connectivity index (χ3v) is 5.38. The third-order valence-electron chi connectivity index (χ3n) is 3.48. The second-order valence-corrected chi connectivity index (χ2v) is 7.49. The number of halogens is 1. The summed E-state index contributed by atoms with van der Waals surface area (Å²) in [6.45, 7) is 0.00479. The summed E-state index contributed by atoms with van der Waals surface area (Å²) in [5.74, 6) is 0.156. The molecule has 26 heavy (non-hydrogen) atoms. The van der Waals surface area contributed by atoms with Gasteiger partial charge in [-0.15, -0.1) is 21.2 Å². The highest BCUT2D eigenvalue weighted by Crippen LogP contribution is 2.49. The van der Waals surface area contributed by atoms with Crippen LogP contribution in [0.4, 0.5) is 0 Å². The van der Waals surface area contributed by atoms with Crippen molar-refractivity contribution in [3.05, 3.63) is 88.1 Å². The van der Waals surface area contributed by atoms with Gasteiger partial charge in [0.15, 0.2) is 0 Å². The van der Waals surface area contributed by atoms with Crippen LogP contribution in [0.3, 0.4) is 0 Å². The Hall–Kier alpha value is -2.18. The molecule has 0 amide bonds. The topological polar surface area (TPSA) is 86.2 Å². The van der Waals surface area contributed by atoms with Crippen molar-refractivity contribution in [3.8, 4) is 0 Å². The highest BCUT2D eigenvalue weighted by Gasteiger charge is 2.32. The number of nitrogens with zero attached hydrogens (tertiary/aromatic N) is 2. The fourth-order valence-electron chi connectivity index (χ4n) is 2.19. The summed E-state index contributed by atoms with van der Waals surface area (Å²) in [6.07, 6.45) is 0. The summed E-state index contributed by atoms with van der Waals surface area (Å²) in [5, 5.41) is 3.93. The minimum atomic E-state index is -4.03. The van der Waals surface area contributed by atoms with Gasteiger partial charge >= 0.3 is 13.4 Å². The number of aromatic nitrogens is 3. The van der Waals surface area contributed by atoms with Crippen LogP contribution in [0.1, 0.15) is 17.0 Å². The zero-order valence-electron chi connectivity index (χ0n) is 13.7. The molecule has 3 rings (SSSR count). The molecular formula is C17H17ClN3O4P. The summed E-state index contributed by atoms with van der Waals surface area (Å²) in [6, 6.07) is 18.3. The number of benzene rings is 2. The van der Waals surface area contributed by atoms with E-state index >= 15 is 0 Å². The molecule has 3 aromatic rings. The van der Waals surface area contributed by atoms with E-state index in [1.807, 2.05) is 60.7 Å². The Morgan fingerprint density at radius 2 is 1.46 bits per heavy atom. The monoisotopic (exact) mass is 393 g/mol. The largest absolute Gasteiger partial charge is 0.460 e. The second kappa shape index (κ2) is 8.47. The first-order chi connectivity index (χ1) is 12.6. The number of hydrogen-bond donors (Lipinski definition) is 1. The first-order valence-corrected chi connectivity index (χ1v) is 9.86. The maximum Gasteiger partial charge on any atom is 0.460 e. The van der Waals surface area contributed by atoms with Crippen LogP contribution in [-0.2, 0) is 32.7 Å². The molecular weight excluding hydrogens is 377 g/mol. The van der Waals surface area contributed by atoms with Gasteiger partial charge in [-0.25, -0.2) is 9.36 Å². The number of H-pyrrole nitrogens is 1. The molecule has 9 heteroatoms. The first-order valence-electron chi connectivity index (χ1n) is 7.83. The van der Waals surface area contributed by atoms with E-state index in [1.165, 1.54) is 0 Å². The molecule has 2 aromatic carbocycles. The minimum Gasteiger partial charge on any atom is -0.291 e. The smallest absolute Gasteiger partial charge is 0.291 e. The Balaban J connectivity index is 1.85. The Labute approximate surface area is 155 Å². The lowest BCUT2D eigenvalue weighted by atomic mass is 10.2. The second-order valence-electron chi connectivity index (χ2n) is 5.39. The van der Waals surface area contributed by atoms with Crippen LogP contribution < -0.4 is 5.69 Å². The molecule has 0 aliphatic carbocycles. The van der Waals surface area contributed by atoms with Crippen LogP contribution in [0, 0.1) is 0 Å².